The van der Waals surface area contributed by atoms with Crippen LogP contribution in [0.5, 0.6) is 5.75 Å². The van der Waals surface area contributed by atoms with Gasteiger partial charge in [-0.3, -0.25) is 4.79 Å². The average Bonchev–Trinajstić information content (AvgIpc) is 2.78. The topological polar surface area (TPSA) is 94.4 Å². The van der Waals surface area contributed by atoms with Gasteiger partial charge in [0.15, 0.2) is 0 Å². The van der Waals surface area contributed by atoms with Crippen molar-refractivity contribution in [1.82, 2.24) is 20.2 Å². The lowest BCUT2D eigenvalue weighted by atomic mass is 10.1. The first kappa shape index (κ1) is 20.1. The molecular weight excluding hydrogens is 368 g/mol. The lowest BCUT2D eigenvalue weighted by Crippen LogP contribution is -2.45. The number of ether oxygens (including phenoxy) is 1. The van der Waals surface area contributed by atoms with Gasteiger partial charge in [0.25, 0.3) is 5.91 Å². The second-order valence-corrected chi connectivity index (χ2v) is 6.69. The summed E-state index contributed by atoms with van der Waals surface area (Å²) in [5.41, 5.74) is 1.03. The zero-order valence-electron chi connectivity index (χ0n) is 16.6. The summed E-state index contributed by atoms with van der Waals surface area (Å²) in [6.07, 6.45) is 5.08. The largest absolute Gasteiger partial charge is 0.497 e. The van der Waals surface area contributed by atoms with Crippen molar-refractivity contribution < 1.29 is 9.53 Å². The lowest BCUT2D eigenvalue weighted by Gasteiger charge is -2.34. The highest BCUT2D eigenvalue weighted by Gasteiger charge is 2.19. The van der Waals surface area contributed by atoms with Gasteiger partial charge in [0.1, 0.15) is 17.4 Å². The molecule has 8 nitrogen and oxygen atoms in total. The number of hydrogen-bond acceptors (Lipinski definition) is 7. The number of anilines is 1. The van der Waals surface area contributed by atoms with Crippen molar-refractivity contribution in [3.8, 4) is 11.8 Å². The molecule has 150 valence electrons. The van der Waals surface area contributed by atoms with Crippen LogP contribution in [0.15, 0.2) is 54.5 Å². The molecule has 1 N–H and O–H groups in total. The van der Waals surface area contributed by atoms with Gasteiger partial charge in [0.2, 0.25) is 5.95 Å². The van der Waals surface area contributed by atoms with Gasteiger partial charge in [-0.15, -0.1) is 0 Å². The molecule has 1 aliphatic rings. The molecule has 8 heteroatoms. The van der Waals surface area contributed by atoms with Gasteiger partial charge in [0.05, 0.1) is 13.2 Å². The van der Waals surface area contributed by atoms with Crippen LogP contribution < -0.4 is 15.0 Å². The number of nitrogens with zero attached hydrogens (tertiary/aromatic N) is 5. The van der Waals surface area contributed by atoms with Crippen molar-refractivity contribution in [3.05, 3.63) is 60.1 Å². The molecule has 0 aliphatic carbocycles. The summed E-state index contributed by atoms with van der Waals surface area (Å²) in [4.78, 5) is 25.1. The zero-order chi connectivity index (χ0) is 20.6. The number of methoxy groups -OCH3 is 1. The van der Waals surface area contributed by atoms with Crippen LogP contribution >= 0.6 is 0 Å². The van der Waals surface area contributed by atoms with Crippen LogP contribution in [0.2, 0.25) is 0 Å². The van der Waals surface area contributed by atoms with Gasteiger partial charge in [-0.25, -0.2) is 9.97 Å². The van der Waals surface area contributed by atoms with E-state index >= 15 is 0 Å². The highest BCUT2D eigenvalue weighted by Crippen LogP contribution is 2.18. The molecule has 0 saturated carbocycles. The predicted octanol–water partition coefficient (Wildman–Crippen LogP) is 1.89. The normalized spacial score (nSPS) is 15.4. The minimum Gasteiger partial charge on any atom is -0.497 e. The van der Waals surface area contributed by atoms with E-state index in [1.165, 1.54) is 0 Å². The van der Waals surface area contributed by atoms with Crippen molar-refractivity contribution in [2.45, 2.75) is 13.0 Å². The summed E-state index contributed by atoms with van der Waals surface area (Å²) < 4.78 is 5.15. The molecule has 1 fully saturated rings. The Bertz CT molecular complexity index is 884. The van der Waals surface area contributed by atoms with E-state index in [4.69, 9.17) is 4.74 Å². The first-order chi connectivity index (χ1) is 14.1. The maximum Gasteiger partial charge on any atom is 0.263 e. The van der Waals surface area contributed by atoms with E-state index in [9.17, 15) is 10.1 Å². The van der Waals surface area contributed by atoms with E-state index < -0.39 is 0 Å². The first-order valence-electron chi connectivity index (χ1n) is 9.43. The molecule has 1 atom stereocenters. The number of nitriles is 1. The Kier molecular flexibility index (Phi) is 6.63. The molecular formula is C21H24N6O2. The fourth-order valence-corrected chi connectivity index (χ4v) is 3.08. The van der Waals surface area contributed by atoms with Crippen LogP contribution in [-0.4, -0.2) is 54.1 Å². The number of hydrogen-bond donors (Lipinski definition) is 1. The monoisotopic (exact) mass is 392 g/mol. The summed E-state index contributed by atoms with van der Waals surface area (Å²) in [7, 11) is 1.61. The molecule has 0 radical (unpaired) electrons. The quantitative estimate of drug-likeness (QED) is 0.593. The molecule has 2 aromatic rings. The summed E-state index contributed by atoms with van der Waals surface area (Å²) >= 11 is 0. The van der Waals surface area contributed by atoms with Crippen molar-refractivity contribution in [3.63, 3.8) is 0 Å². The summed E-state index contributed by atoms with van der Waals surface area (Å²) in [6, 6.07) is 11.0. The third-order valence-corrected chi connectivity index (χ3v) is 4.79. The highest BCUT2D eigenvalue weighted by atomic mass is 16.5. The smallest absolute Gasteiger partial charge is 0.263 e. The Hall–Kier alpha value is -3.60. The second-order valence-electron chi connectivity index (χ2n) is 6.69. The van der Waals surface area contributed by atoms with E-state index in [0.29, 0.717) is 19.0 Å². The average molecular weight is 392 g/mol. The van der Waals surface area contributed by atoms with Crippen LogP contribution in [0.3, 0.4) is 0 Å². The summed E-state index contributed by atoms with van der Waals surface area (Å²) in [5.74, 6) is 1.07. The number of carbonyl (C=O) groups is 1. The molecule has 0 bridgehead atoms. The minimum absolute atomic E-state index is 0.0924. The first-order valence-corrected chi connectivity index (χ1v) is 9.43. The van der Waals surface area contributed by atoms with Crippen molar-refractivity contribution >= 4 is 11.9 Å². The predicted molar refractivity (Wildman–Crippen MR) is 109 cm³/mol. The van der Waals surface area contributed by atoms with Crippen LogP contribution in [0, 0.1) is 11.3 Å². The Morgan fingerprint density at radius 3 is 2.45 bits per heavy atom. The summed E-state index contributed by atoms with van der Waals surface area (Å²) in [6.45, 7) is 4.70. The Labute approximate surface area is 170 Å². The van der Waals surface area contributed by atoms with E-state index in [2.05, 4.69) is 20.2 Å². The SMILES string of the molecule is COc1ccc(C(C)NC(=O)/C(C#N)=C\N2CCN(c3ncccn3)CC2)cc1. The maximum absolute atomic E-state index is 12.6. The lowest BCUT2D eigenvalue weighted by molar-refractivity contribution is -0.117. The number of carbonyl (C=O) groups excluding carboxylic acids is 1. The molecule has 3 rings (SSSR count). The molecule has 1 saturated heterocycles. The van der Waals surface area contributed by atoms with Gasteiger partial charge < -0.3 is 19.9 Å². The van der Waals surface area contributed by atoms with Gasteiger partial charge in [-0.05, 0) is 30.7 Å². The Balaban J connectivity index is 1.57. The van der Waals surface area contributed by atoms with E-state index in [0.717, 1.165) is 24.4 Å². The van der Waals surface area contributed by atoms with Crippen LogP contribution in [0.4, 0.5) is 5.95 Å². The number of nitrogens with one attached hydrogen (secondary N) is 1. The minimum atomic E-state index is -0.385. The standard InChI is InChI=1S/C21H24N6O2/c1-16(17-4-6-19(29-2)7-5-17)25-20(28)18(14-22)15-26-10-12-27(13-11-26)21-23-8-3-9-24-21/h3-9,15-16H,10-13H2,1-2H3,(H,25,28)/b18-15-. The van der Waals surface area contributed by atoms with Crippen molar-refractivity contribution in [2.75, 3.05) is 38.2 Å². The molecule has 1 aromatic carbocycles. The molecule has 2 heterocycles. The Morgan fingerprint density at radius 1 is 1.21 bits per heavy atom. The third-order valence-electron chi connectivity index (χ3n) is 4.79. The van der Waals surface area contributed by atoms with Crippen LogP contribution in [-0.2, 0) is 4.79 Å². The molecule has 1 aliphatic heterocycles. The van der Waals surface area contributed by atoms with Gasteiger partial charge >= 0.3 is 0 Å². The molecule has 1 amide bonds. The van der Waals surface area contributed by atoms with Gasteiger partial charge in [-0.2, -0.15) is 5.26 Å². The van der Waals surface area contributed by atoms with Gasteiger partial charge in [-0.1, -0.05) is 12.1 Å². The van der Waals surface area contributed by atoms with E-state index in [1.807, 2.05) is 42.2 Å². The fourth-order valence-electron chi connectivity index (χ4n) is 3.08. The molecule has 29 heavy (non-hydrogen) atoms. The molecule has 1 aromatic heterocycles. The third kappa shape index (κ3) is 5.23. The number of aromatic nitrogens is 2. The maximum atomic E-state index is 12.6. The number of rotatable bonds is 6. The number of piperazine rings is 1. The Morgan fingerprint density at radius 2 is 1.86 bits per heavy atom. The van der Waals surface area contributed by atoms with Gasteiger partial charge in [0, 0.05) is 44.8 Å². The van der Waals surface area contributed by atoms with E-state index in [-0.39, 0.29) is 17.5 Å². The van der Waals surface area contributed by atoms with E-state index in [1.54, 1.807) is 31.8 Å². The van der Waals surface area contributed by atoms with Crippen molar-refractivity contribution in [2.24, 2.45) is 0 Å². The fraction of sp³-hybridized carbons (Fsp3) is 0.333. The number of amides is 1. The highest BCUT2D eigenvalue weighted by molar-refractivity contribution is 5.97. The van der Waals surface area contributed by atoms with Crippen LogP contribution in [0.1, 0.15) is 18.5 Å². The number of benzene rings is 1. The summed E-state index contributed by atoms with van der Waals surface area (Å²) in [5, 5.41) is 12.3. The molecule has 1 unspecified atom stereocenters. The zero-order valence-corrected chi connectivity index (χ0v) is 16.6. The van der Waals surface area contributed by atoms with Crippen molar-refractivity contribution in [1.29, 1.82) is 5.26 Å². The second kappa shape index (κ2) is 9.55. The molecule has 0 spiro atoms. The van der Waals surface area contributed by atoms with Crippen LogP contribution in [0.25, 0.3) is 0 Å².